The molecule has 0 aliphatic heterocycles. The first-order chi connectivity index (χ1) is 6.66. The fourth-order valence-electron chi connectivity index (χ4n) is 1.35. The summed E-state index contributed by atoms with van der Waals surface area (Å²) < 4.78 is 0. The van der Waals surface area contributed by atoms with E-state index in [1.807, 2.05) is 18.2 Å². The Bertz CT molecular complexity index is 321. The maximum absolute atomic E-state index is 11.5. The van der Waals surface area contributed by atoms with Gasteiger partial charge in [0, 0.05) is 5.56 Å². The van der Waals surface area contributed by atoms with E-state index in [4.69, 9.17) is 0 Å². The van der Waals surface area contributed by atoms with Crippen LogP contribution in [0.3, 0.4) is 0 Å². The fraction of sp³-hybridized carbons (Fsp3) is 0.364. The highest BCUT2D eigenvalue weighted by molar-refractivity contribution is 5.95. The van der Waals surface area contributed by atoms with Crippen molar-refractivity contribution < 1.29 is 9.63 Å². The molecular formula is C11H15NO2. The molecule has 0 aliphatic carbocycles. The van der Waals surface area contributed by atoms with Crippen LogP contribution in [-0.4, -0.2) is 13.0 Å². The molecule has 0 fully saturated rings. The van der Waals surface area contributed by atoms with Crippen molar-refractivity contribution in [1.29, 1.82) is 0 Å². The van der Waals surface area contributed by atoms with Gasteiger partial charge in [0.15, 0.2) is 0 Å². The summed E-state index contributed by atoms with van der Waals surface area (Å²) >= 11 is 0. The summed E-state index contributed by atoms with van der Waals surface area (Å²) in [6.45, 7) is 4.11. The van der Waals surface area contributed by atoms with Gasteiger partial charge in [-0.15, -0.1) is 0 Å². The summed E-state index contributed by atoms with van der Waals surface area (Å²) in [4.78, 5) is 16.1. The zero-order chi connectivity index (χ0) is 10.6. The number of amides is 1. The number of hydrogen-bond acceptors (Lipinski definition) is 2. The molecule has 1 aromatic rings. The van der Waals surface area contributed by atoms with Crippen LogP contribution >= 0.6 is 0 Å². The van der Waals surface area contributed by atoms with Gasteiger partial charge in [-0.25, -0.2) is 5.48 Å². The summed E-state index contributed by atoms with van der Waals surface area (Å²) in [6, 6.07) is 7.52. The van der Waals surface area contributed by atoms with Crippen LogP contribution in [0.4, 0.5) is 0 Å². The van der Waals surface area contributed by atoms with Gasteiger partial charge < -0.3 is 0 Å². The van der Waals surface area contributed by atoms with Crippen LogP contribution in [0.5, 0.6) is 0 Å². The molecule has 0 unspecified atom stereocenters. The fourth-order valence-corrected chi connectivity index (χ4v) is 1.35. The van der Waals surface area contributed by atoms with Crippen LogP contribution in [0.25, 0.3) is 0 Å². The molecule has 0 bridgehead atoms. The van der Waals surface area contributed by atoms with E-state index in [0.29, 0.717) is 11.5 Å². The first kappa shape index (κ1) is 10.7. The lowest BCUT2D eigenvalue weighted by Crippen LogP contribution is -2.23. The summed E-state index contributed by atoms with van der Waals surface area (Å²) in [5, 5.41) is 0. The molecular weight excluding hydrogens is 178 g/mol. The molecule has 0 saturated heterocycles. The molecule has 0 saturated carbocycles. The summed E-state index contributed by atoms with van der Waals surface area (Å²) in [6.07, 6.45) is 0. The molecule has 76 valence electrons. The van der Waals surface area contributed by atoms with Crippen LogP contribution in [0.2, 0.25) is 0 Å². The average Bonchev–Trinajstić information content (AvgIpc) is 2.18. The second kappa shape index (κ2) is 4.77. The Morgan fingerprint density at radius 2 is 2.00 bits per heavy atom. The van der Waals surface area contributed by atoms with Gasteiger partial charge in [0.25, 0.3) is 5.91 Å². The van der Waals surface area contributed by atoms with E-state index in [-0.39, 0.29) is 5.91 Å². The van der Waals surface area contributed by atoms with Crippen molar-refractivity contribution in [2.24, 2.45) is 0 Å². The van der Waals surface area contributed by atoms with Crippen molar-refractivity contribution in [1.82, 2.24) is 5.48 Å². The van der Waals surface area contributed by atoms with Gasteiger partial charge in [0.05, 0.1) is 7.11 Å². The van der Waals surface area contributed by atoms with Crippen molar-refractivity contribution in [3.63, 3.8) is 0 Å². The van der Waals surface area contributed by atoms with E-state index in [0.717, 1.165) is 5.56 Å². The lowest BCUT2D eigenvalue weighted by molar-refractivity contribution is 0.0536. The van der Waals surface area contributed by atoms with Crippen LogP contribution in [0.15, 0.2) is 24.3 Å². The molecule has 0 aromatic heterocycles. The predicted molar refractivity (Wildman–Crippen MR) is 55.0 cm³/mol. The topological polar surface area (TPSA) is 38.3 Å². The molecule has 0 heterocycles. The third kappa shape index (κ3) is 2.33. The van der Waals surface area contributed by atoms with E-state index >= 15 is 0 Å². The van der Waals surface area contributed by atoms with Gasteiger partial charge in [0.1, 0.15) is 0 Å². The quantitative estimate of drug-likeness (QED) is 0.746. The maximum atomic E-state index is 11.5. The number of rotatable bonds is 3. The third-order valence-electron chi connectivity index (χ3n) is 2.02. The third-order valence-corrected chi connectivity index (χ3v) is 2.02. The highest BCUT2D eigenvalue weighted by atomic mass is 16.6. The Kier molecular flexibility index (Phi) is 3.65. The Hall–Kier alpha value is -1.35. The van der Waals surface area contributed by atoms with E-state index in [9.17, 15) is 4.79 Å². The molecule has 0 aliphatic rings. The standard InChI is InChI=1S/C11H15NO2/c1-8(2)9-6-4-5-7-10(9)11(13)12-14-3/h4-8H,1-3H3,(H,12,13). The maximum Gasteiger partial charge on any atom is 0.275 e. The van der Waals surface area contributed by atoms with Crippen LogP contribution in [0.1, 0.15) is 35.7 Å². The molecule has 1 amide bonds. The van der Waals surface area contributed by atoms with Crippen molar-refractivity contribution in [2.45, 2.75) is 19.8 Å². The molecule has 0 spiro atoms. The number of nitrogens with one attached hydrogen (secondary N) is 1. The normalized spacial score (nSPS) is 10.3. The van der Waals surface area contributed by atoms with Crippen LogP contribution < -0.4 is 5.48 Å². The molecule has 3 nitrogen and oxygen atoms in total. The van der Waals surface area contributed by atoms with E-state index in [1.54, 1.807) is 6.07 Å². The first-order valence-electron chi connectivity index (χ1n) is 4.59. The number of hydroxylamine groups is 1. The number of carbonyl (C=O) groups is 1. The molecule has 3 heteroatoms. The number of benzene rings is 1. The molecule has 1 N–H and O–H groups in total. The lowest BCUT2D eigenvalue weighted by Gasteiger charge is -2.11. The van der Waals surface area contributed by atoms with E-state index < -0.39 is 0 Å². The molecule has 14 heavy (non-hydrogen) atoms. The Morgan fingerprint density at radius 1 is 1.36 bits per heavy atom. The summed E-state index contributed by atoms with van der Waals surface area (Å²) in [5.41, 5.74) is 4.02. The summed E-state index contributed by atoms with van der Waals surface area (Å²) in [5.74, 6) is 0.130. The van der Waals surface area contributed by atoms with Crippen LogP contribution in [-0.2, 0) is 4.84 Å². The van der Waals surface area contributed by atoms with Gasteiger partial charge in [-0.05, 0) is 17.5 Å². The lowest BCUT2D eigenvalue weighted by atomic mass is 9.97. The molecule has 0 atom stereocenters. The average molecular weight is 193 g/mol. The summed E-state index contributed by atoms with van der Waals surface area (Å²) in [7, 11) is 1.43. The highest BCUT2D eigenvalue weighted by Crippen LogP contribution is 2.18. The second-order valence-corrected chi connectivity index (χ2v) is 3.38. The molecule has 1 aromatic carbocycles. The minimum Gasteiger partial charge on any atom is -0.277 e. The zero-order valence-electron chi connectivity index (χ0n) is 8.70. The first-order valence-corrected chi connectivity index (χ1v) is 4.59. The predicted octanol–water partition coefficient (Wildman–Crippen LogP) is 2.10. The monoisotopic (exact) mass is 193 g/mol. The molecule has 0 radical (unpaired) electrons. The number of carbonyl (C=O) groups excluding carboxylic acids is 1. The van der Waals surface area contributed by atoms with E-state index in [2.05, 4.69) is 24.2 Å². The minimum absolute atomic E-state index is 0.197. The smallest absolute Gasteiger partial charge is 0.275 e. The van der Waals surface area contributed by atoms with Gasteiger partial charge in [-0.2, -0.15) is 0 Å². The van der Waals surface area contributed by atoms with Gasteiger partial charge in [0.2, 0.25) is 0 Å². The van der Waals surface area contributed by atoms with Crippen molar-refractivity contribution >= 4 is 5.91 Å². The largest absolute Gasteiger partial charge is 0.277 e. The van der Waals surface area contributed by atoms with Gasteiger partial charge in [-0.3, -0.25) is 9.63 Å². The minimum atomic E-state index is -0.197. The van der Waals surface area contributed by atoms with Crippen molar-refractivity contribution in [3.8, 4) is 0 Å². The van der Waals surface area contributed by atoms with Gasteiger partial charge in [-0.1, -0.05) is 32.0 Å². The van der Waals surface area contributed by atoms with Gasteiger partial charge >= 0.3 is 0 Å². The van der Waals surface area contributed by atoms with Crippen molar-refractivity contribution in [2.75, 3.05) is 7.11 Å². The zero-order valence-corrected chi connectivity index (χ0v) is 8.70. The Balaban J connectivity index is 3.00. The SMILES string of the molecule is CONC(=O)c1ccccc1C(C)C. The van der Waals surface area contributed by atoms with Crippen molar-refractivity contribution in [3.05, 3.63) is 35.4 Å². The second-order valence-electron chi connectivity index (χ2n) is 3.38. The number of hydrogen-bond donors (Lipinski definition) is 1. The Morgan fingerprint density at radius 3 is 2.57 bits per heavy atom. The van der Waals surface area contributed by atoms with Crippen LogP contribution in [0, 0.1) is 0 Å². The van der Waals surface area contributed by atoms with E-state index in [1.165, 1.54) is 7.11 Å². The highest BCUT2D eigenvalue weighted by Gasteiger charge is 2.12. The Labute approximate surface area is 84.0 Å². The molecule has 1 rings (SSSR count).